The van der Waals surface area contributed by atoms with Crippen molar-refractivity contribution in [1.29, 1.82) is 0 Å². The molecule has 1 N–H and O–H groups in total. The molecule has 1 aliphatic rings. The van der Waals surface area contributed by atoms with Crippen molar-refractivity contribution in [3.05, 3.63) is 47.0 Å². The van der Waals surface area contributed by atoms with Crippen molar-refractivity contribution in [2.75, 3.05) is 39.5 Å². The maximum Gasteiger partial charge on any atom is 0.237 e. The van der Waals surface area contributed by atoms with E-state index in [0.717, 1.165) is 40.5 Å². The topological polar surface area (TPSA) is 69.3 Å². The van der Waals surface area contributed by atoms with E-state index in [1.54, 1.807) is 0 Å². The fourth-order valence-corrected chi connectivity index (χ4v) is 4.65. The van der Waals surface area contributed by atoms with Crippen LogP contribution in [0.4, 0.5) is 0 Å². The van der Waals surface area contributed by atoms with E-state index < -0.39 is 0 Å². The minimum absolute atomic E-state index is 0.0911. The number of amides is 1. The van der Waals surface area contributed by atoms with E-state index in [2.05, 4.69) is 44.3 Å². The van der Waals surface area contributed by atoms with Gasteiger partial charge in [0.25, 0.3) is 0 Å². The SMILES string of the molecule is CCOc1ccc(C[C@H]2c3cc(OCC)c(OCC)cc3CCN2C(=O)CNC(C)(C)C)cc1OCC. The van der Waals surface area contributed by atoms with Crippen LogP contribution in [0.25, 0.3) is 0 Å². The first kappa shape index (κ1) is 28.6. The number of nitrogens with zero attached hydrogens (tertiary/aromatic N) is 1. The molecule has 3 rings (SSSR count). The molecule has 0 aliphatic carbocycles. The molecule has 0 unspecified atom stereocenters. The van der Waals surface area contributed by atoms with Crippen LogP contribution in [-0.2, 0) is 17.6 Å². The number of ether oxygens (including phenoxy) is 4. The summed E-state index contributed by atoms with van der Waals surface area (Å²) in [4.78, 5) is 15.5. The van der Waals surface area contributed by atoms with Crippen LogP contribution in [0, 0.1) is 0 Å². The summed E-state index contributed by atoms with van der Waals surface area (Å²) < 4.78 is 23.5. The number of carbonyl (C=O) groups is 1. The van der Waals surface area contributed by atoms with Gasteiger partial charge in [0, 0.05) is 12.1 Å². The van der Waals surface area contributed by atoms with Crippen LogP contribution >= 0.6 is 0 Å². The zero-order chi connectivity index (χ0) is 27.0. The molecule has 1 atom stereocenters. The first-order valence-corrected chi connectivity index (χ1v) is 13.6. The van der Waals surface area contributed by atoms with E-state index >= 15 is 0 Å². The molecule has 204 valence electrons. The summed E-state index contributed by atoms with van der Waals surface area (Å²) in [6, 6.07) is 10.1. The van der Waals surface area contributed by atoms with Crippen LogP contribution in [0.3, 0.4) is 0 Å². The van der Waals surface area contributed by atoms with E-state index in [1.807, 2.05) is 44.7 Å². The van der Waals surface area contributed by atoms with Gasteiger partial charge in [-0.25, -0.2) is 0 Å². The maximum absolute atomic E-state index is 13.5. The summed E-state index contributed by atoms with van der Waals surface area (Å²) in [6.45, 7) is 17.3. The number of benzene rings is 2. The smallest absolute Gasteiger partial charge is 0.237 e. The quantitative estimate of drug-likeness (QED) is 0.414. The first-order chi connectivity index (χ1) is 17.7. The predicted octanol–water partition coefficient (Wildman–Crippen LogP) is 5.34. The molecular formula is C30H44N2O5. The average molecular weight is 513 g/mol. The van der Waals surface area contributed by atoms with Crippen LogP contribution in [-0.4, -0.2) is 55.9 Å². The van der Waals surface area contributed by atoms with Crippen LogP contribution in [0.1, 0.15) is 71.2 Å². The third-order valence-corrected chi connectivity index (χ3v) is 6.29. The molecular weight excluding hydrogens is 468 g/mol. The van der Waals surface area contributed by atoms with E-state index in [9.17, 15) is 4.79 Å². The second-order valence-electron chi connectivity index (χ2n) is 10.2. The number of fused-ring (bicyclic) bond motifs is 1. The lowest BCUT2D eigenvalue weighted by Gasteiger charge is -2.39. The van der Waals surface area contributed by atoms with Gasteiger partial charge < -0.3 is 29.2 Å². The molecule has 37 heavy (non-hydrogen) atoms. The highest BCUT2D eigenvalue weighted by molar-refractivity contribution is 5.79. The van der Waals surface area contributed by atoms with Gasteiger partial charge in [0.1, 0.15) is 0 Å². The van der Waals surface area contributed by atoms with Crippen LogP contribution in [0.2, 0.25) is 0 Å². The molecule has 7 heteroatoms. The largest absolute Gasteiger partial charge is 0.490 e. The molecule has 0 radical (unpaired) electrons. The zero-order valence-corrected chi connectivity index (χ0v) is 23.6. The lowest BCUT2D eigenvalue weighted by atomic mass is 9.88. The van der Waals surface area contributed by atoms with Crippen molar-refractivity contribution in [2.24, 2.45) is 0 Å². The fraction of sp³-hybridized carbons (Fsp3) is 0.567. The van der Waals surface area contributed by atoms with Gasteiger partial charge in [-0.05, 0) is 102 Å². The van der Waals surface area contributed by atoms with Gasteiger partial charge in [-0.1, -0.05) is 6.07 Å². The monoisotopic (exact) mass is 512 g/mol. The van der Waals surface area contributed by atoms with Crippen LogP contribution < -0.4 is 24.3 Å². The third kappa shape index (κ3) is 7.54. The highest BCUT2D eigenvalue weighted by Crippen LogP contribution is 2.40. The third-order valence-electron chi connectivity index (χ3n) is 6.29. The number of rotatable bonds is 12. The Kier molecular flexibility index (Phi) is 10.1. The van der Waals surface area contributed by atoms with E-state index in [1.165, 1.54) is 5.56 Å². The normalized spacial score (nSPS) is 15.2. The standard InChI is InChI=1S/C30H44N2O5/c1-8-34-25-13-12-21(17-26(25)35-9-2)16-24-23-19-28(37-11-4)27(36-10-3)18-22(23)14-15-32(24)29(33)20-31-30(5,6)7/h12-13,17-19,24,31H,8-11,14-16,20H2,1-7H3/t24-/m0/s1. The van der Waals surface area contributed by atoms with Crippen molar-refractivity contribution in [3.8, 4) is 23.0 Å². The minimum Gasteiger partial charge on any atom is -0.490 e. The summed E-state index contributed by atoms with van der Waals surface area (Å²) in [5.74, 6) is 3.03. The number of hydrogen-bond acceptors (Lipinski definition) is 6. The lowest BCUT2D eigenvalue weighted by molar-refractivity contribution is -0.133. The molecule has 2 aromatic rings. The molecule has 2 aromatic carbocycles. The highest BCUT2D eigenvalue weighted by atomic mass is 16.5. The van der Waals surface area contributed by atoms with E-state index in [4.69, 9.17) is 18.9 Å². The van der Waals surface area contributed by atoms with Gasteiger partial charge >= 0.3 is 0 Å². The Balaban J connectivity index is 2.02. The Labute approximate surface area is 222 Å². The van der Waals surface area contributed by atoms with Crippen LogP contribution in [0.15, 0.2) is 30.3 Å². The van der Waals surface area contributed by atoms with Gasteiger partial charge in [0.15, 0.2) is 23.0 Å². The Bertz CT molecular complexity index is 1050. The summed E-state index contributed by atoms with van der Waals surface area (Å²) in [5, 5.41) is 3.36. The first-order valence-electron chi connectivity index (χ1n) is 13.6. The van der Waals surface area contributed by atoms with Crippen molar-refractivity contribution in [3.63, 3.8) is 0 Å². The molecule has 0 spiro atoms. The Morgan fingerprint density at radius 3 is 2.03 bits per heavy atom. The highest BCUT2D eigenvalue weighted by Gasteiger charge is 2.33. The van der Waals surface area contributed by atoms with Crippen molar-refractivity contribution in [2.45, 2.75) is 72.9 Å². The van der Waals surface area contributed by atoms with Gasteiger partial charge in [0.2, 0.25) is 5.91 Å². The van der Waals surface area contributed by atoms with Gasteiger partial charge in [0.05, 0.1) is 39.0 Å². The predicted molar refractivity (Wildman–Crippen MR) is 147 cm³/mol. The number of hydrogen-bond donors (Lipinski definition) is 1. The summed E-state index contributed by atoms with van der Waals surface area (Å²) in [7, 11) is 0. The molecule has 7 nitrogen and oxygen atoms in total. The molecule has 0 saturated heterocycles. The summed E-state index contributed by atoms with van der Waals surface area (Å²) >= 11 is 0. The van der Waals surface area contributed by atoms with Gasteiger partial charge in [-0.15, -0.1) is 0 Å². The molecule has 0 saturated carbocycles. The second kappa shape index (κ2) is 13.0. The van der Waals surface area contributed by atoms with Crippen LogP contribution in [0.5, 0.6) is 23.0 Å². The molecule has 0 aromatic heterocycles. The Hall–Kier alpha value is -2.93. The zero-order valence-electron chi connectivity index (χ0n) is 23.6. The van der Waals surface area contributed by atoms with Crippen molar-refractivity contribution in [1.82, 2.24) is 10.2 Å². The second-order valence-corrected chi connectivity index (χ2v) is 10.2. The average Bonchev–Trinajstić information content (AvgIpc) is 2.85. The van der Waals surface area contributed by atoms with Gasteiger partial charge in [-0.3, -0.25) is 4.79 Å². The maximum atomic E-state index is 13.5. The Morgan fingerprint density at radius 2 is 1.43 bits per heavy atom. The molecule has 0 fully saturated rings. The number of carbonyl (C=O) groups excluding carboxylic acids is 1. The minimum atomic E-state index is -0.144. The summed E-state index contributed by atoms with van der Waals surface area (Å²) in [6.07, 6.45) is 1.42. The molecule has 1 aliphatic heterocycles. The van der Waals surface area contributed by atoms with E-state index in [0.29, 0.717) is 39.4 Å². The molecule has 0 bridgehead atoms. The van der Waals surface area contributed by atoms with Crippen molar-refractivity contribution >= 4 is 5.91 Å². The summed E-state index contributed by atoms with van der Waals surface area (Å²) in [5.41, 5.74) is 3.24. The molecule has 1 amide bonds. The van der Waals surface area contributed by atoms with E-state index in [-0.39, 0.29) is 24.0 Å². The molecule has 1 heterocycles. The lowest BCUT2D eigenvalue weighted by Crippen LogP contribution is -2.48. The van der Waals surface area contributed by atoms with Crippen molar-refractivity contribution < 1.29 is 23.7 Å². The Morgan fingerprint density at radius 1 is 0.865 bits per heavy atom. The van der Waals surface area contributed by atoms with Gasteiger partial charge in [-0.2, -0.15) is 0 Å². The fourth-order valence-electron chi connectivity index (χ4n) is 4.65. The number of nitrogens with one attached hydrogen (secondary N) is 1.